The minimum Gasteiger partial charge on any atom is -0.480 e. The van der Waals surface area contributed by atoms with Crippen LogP contribution in [0.4, 0.5) is 0 Å². The van der Waals surface area contributed by atoms with Crippen molar-refractivity contribution in [2.45, 2.75) is 96.3 Å². The summed E-state index contributed by atoms with van der Waals surface area (Å²) in [5, 5.41) is 12.0. The van der Waals surface area contributed by atoms with Gasteiger partial charge in [0.15, 0.2) is 0 Å². The second-order valence-electron chi connectivity index (χ2n) is 13.1. The first-order valence-corrected chi connectivity index (χ1v) is 15.3. The summed E-state index contributed by atoms with van der Waals surface area (Å²) in [5.41, 5.74) is 0.811. The maximum atomic E-state index is 13.1. The lowest BCUT2D eigenvalue weighted by Gasteiger charge is -2.64. The Morgan fingerprint density at radius 2 is 2.02 bits per heavy atom. The number of carbonyl (C=O) groups excluding carboxylic acids is 2. The molecule has 6 rings (SSSR count). The van der Waals surface area contributed by atoms with Crippen molar-refractivity contribution in [3.63, 3.8) is 0 Å². The topological polar surface area (TPSA) is 121 Å². The fourth-order valence-corrected chi connectivity index (χ4v) is 7.74. The van der Waals surface area contributed by atoms with Crippen molar-refractivity contribution in [2.24, 2.45) is 17.3 Å². The number of rotatable bonds is 13. The molecule has 10 nitrogen and oxygen atoms in total. The number of aromatic nitrogens is 1. The molecule has 5 aliphatic rings. The van der Waals surface area contributed by atoms with Crippen LogP contribution in [0.1, 0.15) is 77.8 Å². The van der Waals surface area contributed by atoms with Crippen LogP contribution in [0.5, 0.6) is 0 Å². The standard InChI is InChI=1S/C30H45BN4O6/c1-29(2)21-16-23(29)30(3)24(17-21)40-31(41-30)25-11-9-15-35(25)27(37)18-33-26(36)12-5-4-8-14-34(20-28(38)39)19-22-10-6-7-13-32-22/h6-7,10,13,21,23-25H,4-5,8-9,11-12,14-20H2,1-3H3,(H,33,36)(H,38,39)/t21-,23?,24-,25?,30+/m1/s1. The van der Waals surface area contributed by atoms with Crippen LogP contribution in [-0.4, -0.2) is 88.6 Å². The number of carboxylic acid groups (broad SMARTS) is 1. The molecule has 5 fully saturated rings. The molecule has 11 heteroatoms. The summed E-state index contributed by atoms with van der Waals surface area (Å²) in [7, 11) is -0.402. The molecule has 2 aliphatic heterocycles. The first-order chi connectivity index (χ1) is 19.6. The number of hydrogen-bond acceptors (Lipinski definition) is 7. The van der Waals surface area contributed by atoms with Crippen molar-refractivity contribution in [1.82, 2.24) is 20.1 Å². The lowest BCUT2D eigenvalue weighted by Crippen LogP contribution is -2.65. The number of nitrogens with one attached hydrogen (secondary N) is 1. The minimum absolute atomic E-state index is 0.0169. The highest BCUT2D eigenvalue weighted by molar-refractivity contribution is 6.48. The monoisotopic (exact) mass is 568 g/mol. The lowest BCUT2D eigenvalue weighted by atomic mass is 9.43. The second kappa shape index (κ2) is 12.4. The van der Waals surface area contributed by atoms with Crippen LogP contribution in [-0.2, 0) is 30.2 Å². The Labute approximate surface area is 243 Å². The van der Waals surface area contributed by atoms with E-state index < -0.39 is 13.1 Å². The molecular weight excluding hydrogens is 523 g/mol. The van der Waals surface area contributed by atoms with E-state index in [2.05, 4.69) is 31.1 Å². The third kappa shape index (κ3) is 6.47. The van der Waals surface area contributed by atoms with E-state index in [0.717, 1.165) is 37.8 Å². The Hall–Kier alpha value is -2.50. The molecule has 41 heavy (non-hydrogen) atoms. The van der Waals surface area contributed by atoms with E-state index >= 15 is 0 Å². The van der Waals surface area contributed by atoms with Crippen LogP contribution < -0.4 is 5.32 Å². The zero-order chi connectivity index (χ0) is 29.2. The third-order valence-corrected chi connectivity index (χ3v) is 10.2. The van der Waals surface area contributed by atoms with Gasteiger partial charge in [0.2, 0.25) is 11.8 Å². The number of carbonyl (C=O) groups is 3. The highest BCUT2D eigenvalue weighted by atomic mass is 16.7. The molecule has 3 saturated carbocycles. The third-order valence-electron chi connectivity index (χ3n) is 10.2. The number of carboxylic acids is 1. The predicted molar refractivity (Wildman–Crippen MR) is 153 cm³/mol. The van der Waals surface area contributed by atoms with Gasteiger partial charge < -0.3 is 24.6 Å². The van der Waals surface area contributed by atoms with Crippen LogP contribution in [0.3, 0.4) is 0 Å². The summed E-state index contributed by atoms with van der Waals surface area (Å²) in [4.78, 5) is 44.8. The van der Waals surface area contributed by atoms with E-state index in [-0.39, 0.29) is 48.0 Å². The lowest BCUT2D eigenvalue weighted by molar-refractivity contribution is -0.199. The van der Waals surface area contributed by atoms with Crippen molar-refractivity contribution in [3.05, 3.63) is 30.1 Å². The smallest absolute Gasteiger partial charge is 0.480 e. The summed E-state index contributed by atoms with van der Waals surface area (Å²) < 4.78 is 13.1. The van der Waals surface area contributed by atoms with Crippen LogP contribution in [0.15, 0.2) is 24.4 Å². The van der Waals surface area contributed by atoms with Gasteiger partial charge in [-0.15, -0.1) is 0 Å². The van der Waals surface area contributed by atoms with Crippen molar-refractivity contribution in [2.75, 3.05) is 26.2 Å². The Bertz CT molecular complexity index is 1110. The van der Waals surface area contributed by atoms with Gasteiger partial charge in [0, 0.05) is 25.7 Å². The molecule has 1 aromatic heterocycles. The highest BCUT2D eigenvalue weighted by Gasteiger charge is 2.69. The van der Waals surface area contributed by atoms with Gasteiger partial charge >= 0.3 is 13.1 Å². The van der Waals surface area contributed by atoms with Gasteiger partial charge in [0.05, 0.1) is 36.4 Å². The fraction of sp³-hybridized carbons (Fsp3) is 0.733. The largest absolute Gasteiger partial charge is 0.481 e. The summed E-state index contributed by atoms with van der Waals surface area (Å²) in [5.74, 6) is -0.0452. The minimum atomic E-state index is -0.871. The maximum absolute atomic E-state index is 13.1. The van der Waals surface area contributed by atoms with Crippen LogP contribution in [0.25, 0.3) is 0 Å². The van der Waals surface area contributed by atoms with Crippen LogP contribution >= 0.6 is 0 Å². The van der Waals surface area contributed by atoms with Crippen molar-refractivity contribution < 1.29 is 28.8 Å². The molecule has 224 valence electrons. The first-order valence-electron chi connectivity index (χ1n) is 15.3. The molecule has 3 heterocycles. The maximum Gasteiger partial charge on any atom is 0.481 e. The molecular formula is C30H45BN4O6. The van der Waals surface area contributed by atoms with Gasteiger partial charge in [-0.1, -0.05) is 26.3 Å². The molecule has 3 aliphatic carbocycles. The predicted octanol–water partition coefficient (Wildman–Crippen LogP) is 2.90. The Morgan fingerprint density at radius 3 is 2.76 bits per heavy atom. The van der Waals surface area contributed by atoms with Crippen LogP contribution in [0.2, 0.25) is 0 Å². The molecule has 1 aromatic rings. The Kier molecular flexibility index (Phi) is 9.06. The first kappa shape index (κ1) is 30.0. The summed E-state index contributed by atoms with van der Waals surface area (Å²) in [6.07, 6.45) is 8.36. The number of nitrogens with zero attached hydrogens (tertiary/aromatic N) is 3. The number of amides is 2. The molecule has 2 N–H and O–H groups in total. The molecule has 0 radical (unpaired) electrons. The molecule has 2 amide bonds. The van der Waals surface area contributed by atoms with Crippen molar-refractivity contribution in [3.8, 4) is 0 Å². The molecule has 2 unspecified atom stereocenters. The van der Waals surface area contributed by atoms with E-state index in [1.807, 2.05) is 28.0 Å². The van der Waals surface area contributed by atoms with Gasteiger partial charge in [-0.2, -0.15) is 0 Å². The number of hydrogen-bond donors (Lipinski definition) is 2. The highest BCUT2D eigenvalue weighted by Crippen LogP contribution is 2.65. The van der Waals surface area contributed by atoms with E-state index in [9.17, 15) is 19.5 Å². The van der Waals surface area contributed by atoms with Gasteiger partial charge in [0.1, 0.15) is 0 Å². The van der Waals surface area contributed by atoms with Crippen molar-refractivity contribution >= 4 is 24.9 Å². The molecule has 0 spiro atoms. The zero-order valence-electron chi connectivity index (χ0n) is 24.7. The Morgan fingerprint density at radius 1 is 1.20 bits per heavy atom. The molecule has 2 bridgehead atoms. The zero-order valence-corrected chi connectivity index (χ0v) is 24.7. The van der Waals surface area contributed by atoms with Crippen molar-refractivity contribution in [1.29, 1.82) is 0 Å². The summed E-state index contributed by atoms with van der Waals surface area (Å²) in [6, 6.07) is 5.60. The molecule has 2 saturated heterocycles. The van der Waals surface area contributed by atoms with E-state index in [4.69, 9.17) is 9.31 Å². The average Bonchev–Trinajstić information content (AvgIpc) is 3.55. The Balaban J connectivity index is 1.01. The number of pyridine rings is 1. The SMILES string of the molecule is CC1(C)C2C[C@@H]1C[C@H]1OB(C3CCCN3C(=O)CNC(=O)CCCCCN(CC(=O)O)Cc3ccccn3)O[C@@]21C. The number of unbranched alkanes of at least 4 members (excludes halogenated alkanes) is 2. The van der Waals surface area contributed by atoms with E-state index in [1.165, 1.54) is 6.42 Å². The van der Waals surface area contributed by atoms with Crippen LogP contribution in [0, 0.1) is 17.3 Å². The van der Waals surface area contributed by atoms with Gasteiger partial charge in [-0.05, 0) is 81.4 Å². The average molecular weight is 569 g/mol. The quantitative estimate of drug-likeness (QED) is 0.275. The second-order valence-corrected chi connectivity index (χ2v) is 13.1. The molecule has 5 atom stereocenters. The van der Waals surface area contributed by atoms with E-state index in [1.54, 1.807) is 6.20 Å². The number of aliphatic carboxylic acids is 1. The molecule has 0 aromatic carbocycles. The number of likely N-dealkylation sites (tertiary alicyclic amines) is 1. The van der Waals surface area contributed by atoms with Gasteiger partial charge in [-0.25, -0.2) is 0 Å². The van der Waals surface area contributed by atoms with Gasteiger partial charge in [-0.3, -0.25) is 24.3 Å². The van der Waals surface area contributed by atoms with E-state index in [0.29, 0.717) is 44.3 Å². The summed E-state index contributed by atoms with van der Waals surface area (Å²) >= 11 is 0. The normalized spacial score (nSPS) is 29.8. The van der Waals surface area contributed by atoms with Gasteiger partial charge in [0.25, 0.3) is 0 Å². The summed E-state index contributed by atoms with van der Waals surface area (Å²) in [6.45, 7) is 8.57. The fourth-order valence-electron chi connectivity index (χ4n) is 7.74.